The van der Waals surface area contributed by atoms with Crippen LogP contribution in [0, 0.1) is 5.92 Å². The number of hydrogen-bond donors (Lipinski definition) is 1. The molecule has 64 valence electrons. The first kappa shape index (κ1) is 7.74. The van der Waals surface area contributed by atoms with E-state index in [1.165, 1.54) is 18.4 Å². The Bertz CT molecular complexity index is 241. The average molecular weight is 162 g/mol. The highest BCUT2D eigenvalue weighted by molar-refractivity contribution is 5.12. The molecule has 2 rings (SSSR count). The summed E-state index contributed by atoms with van der Waals surface area (Å²) in [6, 6.07) is 4.46. The maximum absolute atomic E-state index is 5.99. The Balaban J connectivity index is 1.94. The summed E-state index contributed by atoms with van der Waals surface area (Å²) in [6.07, 6.45) is 7.32. The van der Waals surface area contributed by atoms with Gasteiger partial charge in [-0.1, -0.05) is 0 Å². The quantitative estimate of drug-likeness (QED) is 0.729. The molecule has 0 aliphatic heterocycles. The van der Waals surface area contributed by atoms with E-state index in [4.69, 9.17) is 5.73 Å². The first-order chi connectivity index (χ1) is 5.86. The fourth-order valence-corrected chi connectivity index (χ4v) is 1.48. The van der Waals surface area contributed by atoms with Crippen LogP contribution in [0.5, 0.6) is 0 Å². The molecule has 1 aromatic heterocycles. The van der Waals surface area contributed by atoms with E-state index in [9.17, 15) is 0 Å². The van der Waals surface area contributed by atoms with Crippen molar-refractivity contribution in [2.75, 3.05) is 0 Å². The predicted molar refractivity (Wildman–Crippen MR) is 48.6 cm³/mol. The van der Waals surface area contributed by atoms with Gasteiger partial charge in [0.1, 0.15) is 0 Å². The fourth-order valence-electron chi connectivity index (χ4n) is 1.48. The van der Waals surface area contributed by atoms with Crippen LogP contribution in [0.25, 0.3) is 0 Å². The van der Waals surface area contributed by atoms with Crippen molar-refractivity contribution in [1.29, 1.82) is 0 Å². The number of hydrogen-bond acceptors (Lipinski definition) is 2. The van der Waals surface area contributed by atoms with Gasteiger partial charge < -0.3 is 5.73 Å². The molecular formula is C10H14N2. The van der Waals surface area contributed by atoms with Crippen LogP contribution in [0.2, 0.25) is 0 Å². The van der Waals surface area contributed by atoms with Crippen LogP contribution >= 0.6 is 0 Å². The van der Waals surface area contributed by atoms with E-state index in [1.807, 2.05) is 24.5 Å². The number of pyridine rings is 1. The minimum absolute atomic E-state index is 0.368. The Morgan fingerprint density at radius 2 is 2.08 bits per heavy atom. The van der Waals surface area contributed by atoms with Crippen molar-refractivity contribution in [2.24, 2.45) is 11.7 Å². The fraction of sp³-hybridized carbons (Fsp3) is 0.500. The van der Waals surface area contributed by atoms with E-state index in [2.05, 4.69) is 4.98 Å². The standard InChI is InChI=1S/C10H14N2/c11-10(9-1-2-9)7-8-3-5-12-6-4-8/h3-6,9-10H,1-2,7,11H2. The van der Waals surface area contributed by atoms with Crippen molar-refractivity contribution in [3.8, 4) is 0 Å². The van der Waals surface area contributed by atoms with E-state index in [1.54, 1.807) is 0 Å². The summed E-state index contributed by atoms with van der Waals surface area (Å²) >= 11 is 0. The van der Waals surface area contributed by atoms with Crippen molar-refractivity contribution < 1.29 is 0 Å². The van der Waals surface area contributed by atoms with Crippen molar-refractivity contribution in [3.05, 3.63) is 30.1 Å². The lowest BCUT2D eigenvalue weighted by Crippen LogP contribution is -2.24. The van der Waals surface area contributed by atoms with Gasteiger partial charge in [0.2, 0.25) is 0 Å². The third kappa shape index (κ3) is 1.83. The summed E-state index contributed by atoms with van der Waals surface area (Å²) in [5.74, 6) is 0.790. The summed E-state index contributed by atoms with van der Waals surface area (Å²) in [5, 5.41) is 0. The van der Waals surface area contributed by atoms with Gasteiger partial charge >= 0.3 is 0 Å². The number of rotatable bonds is 3. The molecule has 12 heavy (non-hydrogen) atoms. The second-order valence-corrected chi connectivity index (χ2v) is 3.56. The molecule has 0 spiro atoms. The molecular weight excluding hydrogens is 148 g/mol. The van der Waals surface area contributed by atoms with Crippen LogP contribution in [0.15, 0.2) is 24.5 Å². The average Bonchev–Trinajstić information content (AvgIpc) is 2.88. The van der Waals surface area contributed by atoms with Gasteiger partial charge in [0.15, 0.2) is 0 Å². The van der Waals surface area contributed by atoms with Crippen LogP contribution in [0.4, 0.5) is 0 Å². The van der Waals surface area contributed by atoms with Crippen LogP contribution < -0.4 is 5.73 Å². The molecule has 0 radical (unpaired) electrons. The molecule has 1 fully saturated rings. The van der Waals surface area contributed by atoms with E-state index < -0.39 is 0 Å². The Kier molecular flexibility index (Phi) is 2.09. The third-order valence-electron chi connectivity index (χ3n) is 2.45. The molecule has 0 saturated heterocycles. The van der Waals surface area contributed by atoms with E-state index in [-0.39, 0.29) is 0 Å². The molecule has 1 aromatic rings. The second kappa shape index (κ2) is 3.23. The Morgan fingerprint density at radius 3 is 2.67 bits per heavy atom. The second-order valence-electron chi connectivity index (χ2n) is 3.56. The monoisotopic (exact) mass is 162 g/mol. The van der Waals surface area contributed by atoms with E-state index in [0.717, 1.165) is 12.3 Å². The zero-order chi connectivity index (χ0) is 8.39. The number of aromatic nitrogens is 1. The Hall–Kier alpha value is -0.890. The van der Waals surface area contributed by atoms with Crippen molar-refractivity contribution in [2.45, 2.75) is 25.3 Å². The van der Waals surface area contributed by atoms with Gasteiger partial charge in [0, 0.05) is 18.4 Å². The van der Waals surface area contributed by atoms with E-state index >= 15 is 0 Å². The molecule has 1 unspecified atom stereocenters. The topological polar surface area (TPSA) is 38.9 Å². The number of nitrogens with zero attached hydrogens (tertiary/aromatic N) is 1. The molecule has 1 aliphatic carbocycles. The SMILES string of the molecule is NC(Cc1ccncc1)C1CC1. The van der Waals surface area contributed by atoms with Crippen molar-refractivity contribution >= 4 is 0 Å². The predicted octanol–water partition coefficient (Wildman–Crippen LogP) is 1.36. The summed E-state index contributed by atoms with van der Waals surface area (Å²) < 4.78 is 0. The molecule has 1 saturated carbocycles. The van der Waals surface area contributed by atoms with Crippen LogP contribution in [-0.2, 0) is 6.42 Å². The van der Waals surface area contributed by atoms with Gasteiger partial charge in [-0.15, -0.1) is 0 Å². The van der Waals surface area contributed by atoms with Crippen molar-refractivity contribution in [3.63, 3.8) is 0 Å². The van der Waals surface area contributed by atoms with Crippen LogP contribution in [0.3, 0.4) is 0 Å². The van der Waals surface area contributed by atoms with Gasteiger partial charge in [-0.05, 0) is 42.9 Å². The molecule has 2 nitrogen and oxygen atoms in total. The smallest absolute Gasteiger partial charge is 0.0270 e. The lowest BCUT2D eigenvalue weighted by molar-refractivity contribution is 0.591. The minimum atomic E-state index is 0.368. The van der Waals surface area contributed by atoms with Gasteiger partial charge in [-0.25, -0.2) is 0 Å². The molecule has 1 atom stereocenters. The Labute approximate surface area is 72.8 Å². The zero-order valence-corrected chi connectivity index (χ0v) is 7.11. The van der Waals surface area contributed by atoms with Crippen LogP contribution in [-0.4, -0.2) is 11.0 Å². The number of nitrogens with two attached hydrogens (primary N) is 1. The molecule has 1 aliphatic rings. The summed E-state index contributed by atoms with van der Waals surface area (Å²) in [7, 11) is 0. The maximum atomic E-state index is 5.99. The summed E-state index contributed by atoms with van der Waals surface area (Å²) in [4.78, 5) is 3.97. The largest absolute Gasteiger partial charge is 0.327 e. The third-order valence-corrected chi connectivity index (χ3v) is 2.45. The van der Waals surface area contributed by atoms with E-state index in [0.29, 0.717) is 6.04 Å². The van der Waals surface area contributed by atoms with Gasteiger partial charge in [0.25, 0.3) is 0 Å². The highest BCUT2D eigenvalue weighted by Gasteiger charge is 2.28. The molecule has 0 amide bonds. The zero-order valence-electron chi connectivity index (χ0n) is 7.11. The highest BCUT2D eigenvalue weighted by Crippen LogP contribution is 2.32. The molecule has 2 N–H and O–H groups in total. The normalized spacial score (nSPS) is 19.1. The molecule has 0 aromatic carbocycles. The molecule has 0 bridgehead atoms. The van der Waals surface area contributed by atoms with Gasteiger partial charge in [-0.3, -0.25) is 4.98 Å². The summed E-state index contributed by atoms with van der Waals surface area (Å²) in [5.41, 5.74) is 7.30. The highest BCUT2D eigenvalue weighted by atomic mass is 14.7. The lowest BCUT2D eigenvalue weighted by Gasteiger charge is -2.08. The maximum Gasteiger partial charge on any atom is 0.0270 e. The van der Waals surface area contributed by atoms with Crippen LogP contribution in [0.1, 0.15) is 18.4 Å². The van der Waals surface area contributed by atoms with Gasteiger partial charge in [0.05, 0.1) is 0 Å². The molecule has 2 heteroatoms. The van der Waals surface area contributed by atoms with Crippen molar-refractivity contribution in [1.82, 2.24) is 4.98 Å². The first-order valence-corrected chi connectivity index (χ1v) is 4.51. The van der Waals surface area contributed by atoms with Gasteiger partial charge in [-0.2, -0.15) is 0 Å². The lowest BCUT2D eigenvalue weighted by atomic mass is 10.0. The minimum Gasteiger partial charge on any atom is -0.327 e. The molecule has 1 heterocycles. The summed E-state index contributed by atoms with van der Waals surface area (Å²) in [6.45, 7) is 0. The Morgan fingerprint density at radius 1 is 1.42 bits per heavy atom. The first-order valence-electron chi connectivity index (χ1n) is 4.51.